The molecule has 2 aromatic heterocycles. The number of H-pyrrole nitrogens is 1. The summed E-state index contributed by atoms with van der Waals surface area (Å²) < 4.78 is 0. The number of nitrogens with one attached hydrogen (secondary N) is 2. The topological polar surface area (TPSA) is 108 Å². The third-order valence-corrected chi connectivity index (χ3v) is 4.40. The molecule has 0 unspecified atom stereocenters. The van der Waals surface area contributed by atoms with Crippen LogP contribution in [-0.2, 0) is 4.79 Å². The Bertz CT molecular complexity index is 1200. The van der Waals surface area contributed by atoms with Gasteiger partial charge in [0.25, 0.3) is 5.78 Å². The fourth-order valence-corrected chi connectivity index (χ4v) is 3.01. The molecule has 0 saturated heterocycles. The summed E-state index contributed by atoms with van der Waals surface area (Å²) in [5.41, 5.74) is 3.11. The van der Waals surface area contributed by atoms with Crippen molar-refractivity contribution in [1.29, 1.82) is 0 Å². The van der Waals surface area contributed by atoms with E-state index in [0.29, 0.717) is 16.5 Å². The number of benzene rings is 2. The van der Waals surface area contributed by atoms with Gasteiger partial charge in [0, 0.05) is 22.0 Å². The van der Waals surface area contributed by atoms with Crippen molar-refractivity contribution in [2.24, 2.45) is 0 Å². The van der Waals surface area contributed by atoms with Gasteiger partial charge in [0.1, 0.15) is 17.8 Å². The van der Waals surface area contributed by atoms with Gasteiger partial charge in [-0.3, -0.25) is 4.79 Å². The maximum absolute atomic E-state index is 11.5. The first-order valence-electron chi connectivity index (χ1n) is 8.25. The summed E-state index contributed by atoms with van der Waals surface area (Å²) >= 11 is 6.03. The van der Waals surface area contributed by atoms with E-state index in [2.05, 4.69) is 20.3 Å². The molecule has 0 bridgehead atoms. The van der Waals surface area contributed by atoms with Gasteiger partial charge in [-0.1, -0.05) is 41.9 Å². The van der Waals surface area contributed by atoms with Crippen molar-refractivity contribution in [2.45, 2.75) is 0 Å². The van der Waals surface area contributed by atoms with Crippen molar-refractivity contribution >= 4 is 45.9 Å². The number of fused-ring (bicyclic) bond motifs is 1. The van der Waals surface area contributed by atoms with Crippen LogP contribution < -0.4 is 5.32 Å². The molecule has 0 saturated carbocycles. The normalized spacial score (nSPS) is 10.8. The highest BCUT2D eigenvalue weighted by Gasteiger charge is 2.15. The molecular formula is C20H13ClN4O3. The number of carbonyl (C=O) groups is 2. The average molecular weight is 393 g/mol. The number of carbonyl (C=O) groups excluding carboxylic acids is 1. The molecule has 2 aromatic carbocycles. The average Bonchev–Trinajstić information content (AvgIpc) is 3.13. The highest BCUT2D eigenvalue weighted by molar-refractivity contribution is 6.39. The Morgan fingerprint density at radius 1 is 1.04 bits per heavy atom. The first-order valence-corrected chi connectivity index (χ1v) is 8.63. The van der Waals surface area contributed by atoms with Gasteiger partial charge in [-0.15, -0.1) is 0 Å². The molecular weight excluding hydrogens is 380 g/mol. The van der Waals surface area contributed by atoms with Crippen LogP contribution in [0, 0.1) is 0 Å². The zero-order valence-electron chi connectivity index (χ0n) is 14.3. The number of aromatic nitrogens is 3. The second kappa shape index (κ2) is 7.13. The maximum atomic E-state index is 11.5. The number of nitrogens with zero attached hydrogens (tertiary/aromatic N) is 2. The lowest BCUT2D eigenvalue weighted by Gasteiger charge is -2.06. The number of hydrogen-bond donors (Lipinski definition) is 3. The van der Waals surface area contributed by atoms with Gasteiger partial charge >= 0.3 is 5.97 Å². The summed E-state index contributed by atoms with van der Waals surface area (Å²) in [6, 6.07) is 15.5. The predicted octanol–water partition coefficient (Wildman–Crippen LogP) is 4.29. The van der Waals surface area contributed by atoms with Gasteiger partial charge in [0.05, 0.1) is 5.39 Å². The summed E-state index contributed by atoms with van der Waals surface area (Å²) in [6.45, 7) is 0. The van der Waals surface area contributed by atoms with E-state index in [0.717, 1.165) is 22.3 Å². The molecule has 2 heterocycles. The zero-order chi connectivity index (χ0) is 19.7. The van der Waals surface area contributed by atoms with Crippen molar-refractivity contribution in [1.82, 2.24) is 15.0 Å². The number of aromatic amines is 1. The molecule has 0 aliphatic heterocycles. The zero-order valence-corrected chi connectivity index (χ0v) is 15.1. The first kappa shape index (κ1) is 17.7. The van der Waals surface area contributed by atoms with Gasteiger partial charge < -0.3 is 15.4 Å². The molecule has 7 nitrogen and oxygen atoms in total. The van der Waals surface area contributed by atoms with E-state index in [1.165, 1.54) is 18.5 Å². The third-order valence-electron chi connectivity index (χ3n) is 4.17. The lowest BCUT2D eigenvalue weighted by molar-refractivity contribution is -0.131. The Balaban J connectivity index is 1.68. The first-order chi connectivity index (χ1) is 13.5. The van der Waals surface area contributed by atoms with Crippen molar-refractivity contribution in [3.05, 3.63) is 71.5 Å². The Morgan fingerprint density at radius 2 is 1.82 bits per heavy atom. The fourth-order valence-electron chi connectivity index (χ4n) is 2.82. The largest absolute Gasteiger partial charge is 0.475 e. The van der Waals surface area contributed by atoms with E-state index in [9.17, 15) is 9.59 Å². The SMILES string of the molecule is O=C(O)C(=O)c1ccc(-c2cc3c(Nc4cccc(Cl)c4)ncnc3[nH]2)cc1. The number of aliphatic carboxylic acids is 1. The van der Waals surface area contributed by atoms with Crippen molar-refractivity contribution < 1.29 is 14.7 Å². The van der Waals surface area contributed by atoms with Gasteiger partial charge in [-0.2, -0.15) is 0 Å². The van der Waals surface area contributed by atoms with Crippen LogP contribution in [0.3, 0.4) is 0 Å². The number of carboxylic acids is 1. The third kappa shape index (κ3) is 3.43. The minimum absolute atomic E-state index is 0.121. The summed E-state index contributed by atoms with van der Waals surface area (Å²) in [5.74, 6) is -1.81. The monoisotopic (exact) mass is 392 g/mol. The summed E-state index contributed by atoms with van der Waals surface area (Å²) in [7, 11) is 0. The van der Waals surface area contributed by atoms with Gasteiger partial charge in [0.2, 0.25) is 0 Å². The molecule has 4 aromatic rings. The second-order valence-corrected chi connectivity index (χ2v) is 6.45. The van der Waals surface area contributed by atoms with Crippen LogP contribution >= 0.6 is 11.6 Å². The molecule has 0 amide bonds. The van der Waals surface area contributed by atoms with Gasteiger partial charge in [-0.05, 0) is 29.8 Å². The van der Waals surface area contributed by atoms with Gasteiger partial charge in [0.15, 0.2) is 0 Å². The van der Waals surface area contributed by atoms with E-state index < -0.39 is 11.8 Å². The molecule has 8 heteroatoms. The number of rotatable bonds is 5. The molecule has 0 atom stereocenters. The number of ketones is 1. The molecule has 4 rings (SSSR count). The minimum atomic E-state index is -1.48. The highest BCUT2D eigenvalue weighted by atomic mass is 35.5. The van der Waals surface area contributed by atoms with Crippen LogP contribution in [0.2, 0.25) is 5.02 Å². The van der Waals surface area contributed by atoms with Gasteiger partial charge in [-0.25, -0.2) is 14.8 Å². The van der Waals surface area contributed by atoms with E-state index in [4.69, 9.17) is 16.7 Å². The van der Waals surface area contributed by atoms with Crippen LogP contribution in [0.5, 0.6) is 0 Å². The molecule has 0 spiro atoms. The molecule has 0 radical (unpaired) electrons. The Morgan fingerprint density at radius 3 is 2.54 bits per heavy atom. The second-order valence-electron chi connectivity index (χ2n) is 6.01. The summed E-state index contributed by atoms with van der Waals surface area (Å²) in [6.07, 6.45) is 1.45. The molecule has 0 aliphatic carbocycles. The standard InChI is InChI=1S/C20H13ClN4O3/c21-13-2-1-3-14(8-13)24-18-15-9-16(25-19(15)23-10-22-18)11-4-6-12(7-5-11)17(26)20(27)28/h1-10H,(H,27,28)(H2,22,23,24,25). The van der Waals surface area contributed by atoms with E-state index in [1.807, 2.05) is 18.2 Å². The lowest BCUT2D eigenvalue weighted by Crippen LogP contribution is -2.12. The maximum Gasteiger partial charge on any atom is 0.377 e. The highest BCUT2D eigenvalue weighted by Crippen LogP contribution is 2.29. The number of carboxylic acid groups (broad SMARTS) is 1. The molecule has 0 fully saturated rings. The fraction of sp³-hybridized carbons (Fsp3) is 0. The molecule has 0 aliphatic rings. The quantitative estimate of drug-likeness (QED) is 0.345. The van der Waals surface area contributed by atoms with Crippen molar-refractivity contribution in [2.75, 3.05) is 5.32 Å². The van der Waals surface area contributed by atoms with Crippen molar-refractivity contribution in [3.63, 3.8) is 0 Å². The van der Waals surface area contributed by atoms with Crippen LogP contribution in [-0.4, -0.2) is 31.8 Å². The molecule has 138 valence electrons. The minimum Gasteiger partial charge on any atom is -0.475 e. The number of Topliss-reactive ketones (excluding diaryl/α,β-unsaturated/α-hetero) is 1. The Hall–Kier alpha value is -3.71. The Labute approximate surface area is 164 Å². The Kier molecular flexibility index (Phi) is 4.50. The van der Waals surface area contributed by atoms with Crippen LogP contribution in [0.4, 0.5) is 11.5 Å². The number of anilines is 2. The van der Waals surface area contributed by atoms with Crippen molar-refractivity contribution in [3.8, 4) is 11.3 Å². The summed E-state index contributed by atoms with van der Waals surface area (Å²) in [4.78, 5) is 34.1. The molecule has 3 N–H and O–H groups in total. The number of halogens is 1. The lowest BCUT2D eigenvalue weighted by atomic mass is 10.1. The van der Waals surface area contributed by atoms with E-state index in [-0.39, 0.29) is 5.56 Å². The molecule has 28 heavy (non-hydrogen) atoms. The van der Waals surface area contributed by atoms with E-state index >= 15 is 0 Å². The van der Waals surface area contributed by atoms with Crippen LogP contribution in [0.15, 0.2) is 60.9 Å². The van der Waals surface area contributed by atoms with Crippen LogP contribution in [0.25, 0.3) is 22.3 Å². The smallest absolute Gasteiger partial charge is 0.377 e. The van der Waals surface area contributed by atoms with E-state index in [1.54, 1.807) is 24.3 Å². The summed E-state index contributed by atoms with van der Waals surface area (Å²) in [5, 5.41) is 13.4. The van der Waals surface area contributed by atoms with Crippen LogP contribution in [0.1, 0.15) is 10.4 Å². The number of hydrogen-bond acceptors (Lipinski definition) is 5. The predicted molar refractivity (Wildman–Crippen MR) is 106 cm³/mol.